The van der Waals surface area contributed by atoms with E-state index in [1.54, 1.807) is 0 Å². The third kappa shape index (κ3) is 4.34. The summed E-state index contributed by atoms with van der Waals surface area (Å²) >= 11 is 0. The molecule has 0 spiro atoms. The molecule has 2 rings (SSSR count). The fraction of sp³-hybridized carbons (Fsp3) is 0.400. The van der Waals surface area contributed by atoms with Gasteiger partial charge in [0.1, 0.15) is 0 Å². The molecule has 1 N–H and O–H groups in total. The third-order valence-corrected chi connectivity index (χ3v) is 4.12. The quantitative estimate of drug-likeness (QED) is 0.610. The van der Waals surface area contributed by atoms with Crippen molar-refractivity contribution in [3.05, 3.63) is 53.3 Å². The third-order valence-electron chi connectivity index (χ3n) is 4.12. The number of hydrogen-bond donors (Lipinski definition) is 1. The molecule has 0 aliphatic rings. The van der Waals surface area contributed by atoms with Crippen LogP contribution in [0.5, 0.6) is 0 Å². The number of hydrogen-bond acceptors (Lipinski definition) is 2. The summed E-state index contributed by atoms with van der Waals surface area (Å²) in [5.74, 6) is 0.477. The summed E-state index contributed by atoms with van der Waals surface area (Å²) < 4.78 is 2.09. The Balaban J connectivity index is 2.15. The first kappa shape index (κ1) is 18.0. The standard InChI is InChI=1S/C20H27N3O/c1-14(2)11-12-15(3)21-22-20(24)19-13-16(4)23(17(19)5)18-9-7-6-8-10-18/h6-10,13-14H,11-12H2,1-5H3,(H,22,24)/b21-15-. The van der Waals surface area contributed by atoms with Gasteiger partial charge in [0.25, 0.3) is 5.91 Å². The van der Waals surface area contributed by atoms with Crippen LogP contribution in [0.15, 0.2) is 41.5 Å². The van der Waals surface area contributed by atoms with E-state index in [2.05, 4.69) is 28.9 Å². The summed E-state index contributed by atoms with van der Waals surface area (Å²) in [4.78, 5) is 12.5. The lowest BCUT2D eigenvalue weighted by Crippen LogP contribution is -2.20. The summed E-state index contributed by atoms with van der Waals surface area (Å²) in [5, 5.41) is 4.23. The average Bonchev–Trinajstić information content (AvgIpc) is 2.86. The van der Waals surface area contributed by atoms with Crippen LogP contribution in [0.1, 0.15) is 55.4 Å². The van der Waals surface area contributed by atoms with E-state index in [4.69, 9.17) is 0 Å². The van der Waals surface area contributed by atoms with Gasteiger partial charge < -0.3 is 4.57 Å². The van der Waals surface area contributed by atoms with Gasteiger partial charge in [-0.25, -0.2) is 5.43 Å². The Morgan fingerprint density at radius 3 is 2.50 bits per heavy atom. The Kier molecular flexibility index (Phi) is 5.96. The zero-order valence-electron chi connectivity index (χ0n) is 15.3. The van der Waals surface area contributed by atoms with E-state index in [1.807, 2.05) is 57.2 Å². The second-order valence-electron chi connectivity index (χ2n) is 6.68. The van der Waals surface area contributed by atoms with Crippen LogP contribution in [-0.4, -0.2) is 16.2 Å². The van der Waals surface area contributed by atoms with Crippen LogP contribution in [0, 0.1) is 19.8 Å². The summed E-state index contributed by atoms with van der Waals surface area (Å²) in [6.45, 7) is 10.3. The van der Waals surface area contributed by atoms with Crippen LogP contribution in [-0.2, 0) is 0 Å². The van der Waals surface area contributed by atoms with E-state index < -0.39 is 0 Å². The Morgan fingerprint density at radius 1 is 1.21 bits per heavy atom. The predicted octanol–water partition coefficient (Wildman–Crippen LogP) is 4.64. The summed E-state index contributed by atoms with van der Waals surface area (Å²) in [7, 11) is 0. The van der Waals surface area contributed by atoms with Crippen molar-refractivity contribution in [2.75, 3.05) is 0 Å². The van der Waals surface area contributed by atoms with Crippen molar-refractivity contribution in [2.24, 2.45) is 11.0 Å². The molecule has 0 aliphatic carbocycles. The molecule has 2 aromatic rings. The highest BCUT2D eigenvalue weighted by molar-refractivity contribution is 5.96. The Hall–Kier alpha value is -2.36. The van der Waals surface area contributed by atoms with Crippen molar-refractivity contribution < 1.29 is 4.79 Å². The molecule has 0 aliphatic heterocycles. The molecular weight excluding hydrogens is 298 g/mol. The molecule has 1 aromatic heterocycles. The smallest absolute Gasteiger partial charge is 0.273 e. The Bertz CT molecular complexity index is 727. The van der Waals surface area contributed by atoms with Crippen LogP contribution < -0.4 is 5.43 Å². The molecule has 128 valence electrons. The number of rotatable bonds is 6. The molecule has 1 amide bonds. The van der Waals surface area contributed by atoms with Crippen molar-refractivity contribution in [3.63, 3.8) is 0 Å². The summed E-state index contributed by atoms with van der Waals surface area (Å²) in [5.41, 5.74) is 7.32. The molecule has 24 heavy (non-hydrogen) atoms. The minimum atomic E-state index is -0.158. The maximum atomic E-state index is 12.5. The molecule has 0 radical (unpaired) electrons. The largest absolute Gasteiger partial charge is 0.318 e. The van der Waals surface area contributed by atoms with E-state index in [9.17, 15) is 4.79 Å². The van der Waals surface area contributed by atoms with E-state index in [1.165, 1.54) is 0 Å². The van der Waals surface area contributed by atoms with Crippen molar-refractivity contribution in [1.82, 2.24) is 9.99 Å². The summed E-state index contributed by atoms with van der Waals surface area (Å²) in [6, 6.07) is 12.0. The second-order valence-corrected chi connectivity index (χ2v) is 6.68. The minimum Gasteiger partial charge on any atom is -0.318 e. The highest BCUT2D eigenvalue weighted by atomic mass is 16.2. The molecule has 0 saturated carbocycles. The number of hydrazone groups is 1. The maximum Gasteiger partial charge on any atom is 0.273 e. The second kappa shape index (κ2) is 7.95. The van der Waals surface area contributed by atoms with E-state index in [0.29, 0.717) is 11.5 Å². The van der Waals surface area contributed by atoms with Crippen LogP contribution >= 0.6 is 0 Å². The Morgan fingerprint density at radius 2 is 1.88 bits per heavy atom. The molecule has 0 saturated heterocycles. The lowest BCUT2D eigenvalue weighted by Gasteiger charge is -2.09. The molecule has 1 heterocycles. The molecule has 4 nitrogen and oxygen atoms in total. The Labute approximate surface area is 144 Å². The van der Waals surface area contributed by atoms with Gasteiger partial charge in [-0.15, -0.1) is 0 Å². The molecular formula is C20H27N3O. The van der Waals surface area contributed by atoms with Crippen LogP contribution in [0.25, 0.3) is 5.69 Å². The van der Waals surface area contributed by atoms with Crippen molar-refractivity contribution >= 4 is 11.6 Å². The monoisotopic (exact) mass is 325 g/mol. The number of aryl methyl sites for hydroxylation is 1. The summed E-state index contributed by atoms with van der Waals surface area (Å²) in [6.07, 6.45) is 1.98. The molecule has 4 heteroatoms. The first-order valence-electron chi connectivity index (χ1n) is 8.48. The first-order valence-corrected chi connectivity index (χ1v) is 8.48. The van der Waals surface area contributed by atoms with Gasteiger partial charge in [-0.1, -0.05) is 32.0 Å². The fourth-order valence-corrected chi connectivity index (χ4v) is 2.73. The number of para-hydroxylation sites is 1. The molecule has 0 fully saturated rings. The number of nitrogens with one attached hydrogen (secondary N) is 1. The minimum absolute atomic E-state index is 0.158. The van der Waals surface area contributed by atoms with Gasteiger partial charge in [0.2, 0.25) is 0 Å². The van der Waals surface area contributed by atoms with Gasteiger partial charge in [-0.3, -0.25) is 4.79 Å². The van der Waals surface area contributed by atoms with Crippen LogP contribution in [0.4, 0.5) is 0 Å². The van der Waals surface area contributed by atoms with E-state index in [0.717, 1.165) is 35.6 Å². The van der Waals surface area contributed by atoms with Crippen LogP contribution in [0.2, 0.25) is 0 Å². The number of aromatic nitrogens is 1. The van der Waals surface area contributed by atoms with Gasteiger partial charge in [-0.05, 0) is 57.7 Å². The van der Waals surface area contributed by atoms with E-state index >= 15 is 0 Å². The molecule has 1 aromatic carbocycles. The topological polar surface area (TPSA) is 46.4 Å². The number of benzene rings is 1. The molecule has 0 atom stereocenters. The number of carbonyl (C=O) groups excluding carboxylic acids is 1. The van der Waals surface area contributed by atoms with Crippen molar-refractivity contribution in [2.45, 2.75) is 47.5 Å². The maximum absolute atomic E-state index is 12.5. The zero-order chi connectivity index (χ0) is 17.7. The molecule has 0 unspecified atom stereocenters. The lowest BCUT2D eigenvalue weighted by molar-refractivity contribution is 0.0954. The van der Waals surface area contributed by atoms with Gasteiger partial charge in [0.05, 0.1) is 5.56 Å². The van der Waals surface area contributed by atoms with Gasteiger partial charge in [-0.2, -0.15) is 5.10 Å². The normalized spacial score (nSPS) is 11.8. The van der Waals surface area contributed by atoms with Crippen LogP contribution in [0.3, 0.4) is 0 Å². The predicted molar refractivity (Wildman–Crippen MR) is 99.9 cm³/mol. The van der Waals surface area contributed by atoms with Crippen molar-refractivity contribution in [3.8, 4) is 5.69 Å². The highest BCUT2D eigenvalue weighted by Gasteiger charge is 2.16. The van der Waals surface area contributed by atoms with Gasteiger partial charge >= 0.3 is 0 Å². The number of carbonyl (C=O) groups is 1. The molecule has 0 bridgehead atoms. The van der Waals surface area contributed by atoms with E-state index in [-0.39, 0.29) is 5.91 Å². The number of nitrogens with zero attached hydrogens (tertiary/aromatic N) is 2. The number of amides is 1. The van der Waals surface area contributed by atoms with Gasteiger partial charge in [0, 0.05) is 22.8 Å². The average molecular weight is 325 g/mol. The lowest BCUT2D eigenvalue weighted by atomic mass is 10.1. The first-order chi connectivity index (χ1) is 11.4. The van der Waals surface area contributed by atoms with Gasteiger partial charge in [0.15, 0.2) is 0 Å². The van der Waals surface area contributed by atoms with Crippen molar-refractivity contribution in [1.29, 1.82) is 0 Å². The fourth-order valence-electron chi connectivity index (χ4n) is 2.73. The SMILES string of the molecule is C/C(CCC(C)C)=N/NC(=O)c1cc(C)n(-c2ccccc2)c1C. The highest BCUT2D eigenvalue weighted by Crippen LogP contribution is 2.20. The zero-order valence-corrected chi connectivity index (χ0v) is 15.3.